The van der Waals surface area contributed by atoms with Crippen LogP contribution in [0.25, 0.3) is 10.9 Å². The van der Waals surface area contributed by atoms with E-state index in [0.29, 0.717) is 24.0 Å². The fourth-order valence-corrected chi connectivity index (χ4v) is 16.4. The lowest BCUT2D eigenvalue weighted by atomic mass is 10.0. The van der Waals surface area contributed by atoms with Crippen LogP contribution in [0, 0.1) is 5.41 Å². The number of aromatic nitrogens is 8. The van der Waals surface area contributed by atoms with E-state index in [0.717, 1.165) is 60.2 Å². The number of imidazole rings is 1. The molecule has 12 atom stereocenters. The molecule has 4 aromatic heterocycles. The van der Waals surface area contributed by atoms with Crippen molar-refractivity contribution in [3.05, 3.63) is 126 Å². The van der Waals surface area contributed by atoms with E-state index in [-0.39, 0.29) is 127 Å². The highest BCUT2D eigenvalue weighted by Gasteiger charge is 2.44. The lowest BCUT2D eigenvalue weighted by molar-refractivity contribution is -0.143. The molecule has 0 spiro atoms. The minimum atomic E-state index is -1.77. The number of primary amides is 1. The lowest BCUT2D eigenvalue weighted by Crippen LogP contribution is -2.61. The Labute approximate surface area is 824 Å². The number of carbonyl (C=O) groups is 16. The molecule has 24 N–H and O–H groups in total. The summed E-state index contributed by atoms with van der Waals surface area (Å²) in [6, 6.07) is 3.44. The second-order valence-electron chi connectivity index (χ2n) is 35.7. The van der Waals surface area contributed by atoms with Crippen LogP contribution < -0.4 is 85.9 Å². The number of hydrogen-bond donors (Lipinski definition) is 22. The summed E-state index contributed by atoms with van der Waals surface area (Å²) >= 11 is 0. The number of ether oxygens (including phenoxy) is 2. The van der Waals surface area contributed by atoms with E-state index >= 15 is 28.8 Å². The Hall–Kier alpha value is -13.8. The number of pyridine rings is 1. The molecule has 0 aliphatic carbocycles. The first-order valence-electron chi connectivity index (χ1n) is 49.2. The number of tetrazole rings is 1. The number of nitrogens with one attached hydrogen (secondary N) is 18. The predicted octanol–water partition coefficient (Wildman–Crippen LogP) is -0.770. The number of aryl methyl sites for hydroxylation is 1. The molecule has 46 heteroatoms. The Morgan fingerprint density at radius 2 is 1.21 bits per heavy atom. The topological polar surface area (TPSA) is 691 Å². The lowest BCUT2D eigenvalue weighted by Gasteiger charge is -2.31. The maximum atomic E-state index is 15.5. The number of fused-ring (bicyclic) bond motifs is 2. The standard InChI is InChI=1S/C96H142N26O20/c1-3-4-32-70(86(131)113-73-39-41-83(128)102-43-26-24-33-68(61(2)124)109-90(135)75(50-63-54-105-69-34-22-21-31-67(63)69)114-87(132)71(35-27-44-104-96(98)99)111-89(134)74(49-62-28-17-16-18-29-62)117-94(139)79-53-66(125)57-122(79)95(73)140)110-91(136)76(51-64-30-23-25-42-101-64)116-92(137)77(52-65-55-100-60-107-65)115-88(133)72(38-40-80(97)126)112-93(138)78(58-123)108-84(129)56-106-85(130)59-142-48-47-141-46-45-103-82(127)37-20-15-13-11-9-7-5-6-8-10-12-14-19-36-81-118-120-121-119-81/h16-18,21-23,25,28-31,34,42,54-55,60,66,68,70-79,105,123,125H,3-15,19-20,24,26-27,32-33,35-41,43-53,56-59H2,1-2H3,(H2,97,126)(H,100,107)(H,102,128)(H,103,127)(H,106,130)(H,108,129)(H,109,135)(H,110,136)(H,111,134)(H,112,138)(H,113,131)(H,114,132)(H,115,133)(H,116,137)(H,117,139)(H4,98,99,104)(H,118,119,120,121)/t66-,68+,70+,71+,72+,73+,74-,75+,76+,77+,78+,79+/m1/s1. The third-order valence-electron chi connectivity index (χ3n) is 24.3. The van der Waals surface area contributed by atoms with Gasteiger partial charge in [-0.2, -0.15) is 0 Å². The number of para-hydroxylation sites is 1. The average Bonchev–Trinajstić information content (AvgIpc) is 1.65. The summed E-state index contributed by atoms with van der Waals surface area (Å²) in [6.45, 7) is 0.989. The average molecular weight is 1980 g/mol. The van der Waals surface area contributed by atoms with E-state index in [9.17, 15) is 58.2 Å². The molecule has 46 nitrogen and oxygen atoms in total. The van der Waals surface area contributed by atoms with Gasteiger partial charge >= 0.3 is 0 Å². The molecular weight excluding hydrogens is 1840 g/mol. The Morgan fingerprint density at radius 3 is 1.87 bits per heavy atom. The van der Waals surface area contributed by atoms with Crippen LogP contribution in [0.4, 0.5) is 0 Å². The van der Waals surface area contributed by atoms with Crippen LogP contribution in [0.5, 0.6) is 0 Å². The van der Waals surface area contributed by atoms with Gasteiger partial charge in [0, 0.05) is 119 Å². The minimum Gasteiger partial charge on any atom is -0.394 e. The zero-order valence-corrected chi connectivity index (χ0v) is 80.9. The third kappa shape index (κ3) is 42.0. The molecule has 6 aromatic rings. The second kappa shape index (κ2) is 63.1. The molecule has 2 aromatic carbocycles. The van der Waals surface area contributed by atoms with E-state index in [2.05, 4.69) is 115 Å². The molecule has 0 bridgehead atoms. The number of guanidine groups is 1. The zero-order valence-electron chi connectivity index (χ0n) is 80.9. The summed E-state index contributed by atoms with van der Waals surface area (Å²) in [5, 5.41) is 81.4. The Morgan fingerprint density at radius 1 is 0.585 bits per heavy atom. The van der Waals surface area contributed by atoms with Gasteiger partial charge in [-0.25, -0.2) is 10.1 Å². The van der Waals surface area contributed by atoms with Gasteiger partial charge < -0.3 is 120 Å². The third-order valence-corrected chi connectivity index (χ3v) is 24.3. The number of H-pyrrole nitrogens is 3. The highest BCUT2D eigenvalue weighted by molar-refractivity contribution is 6.01. The maximum Gasteiger partial charge on any atom is 0.246 e. The number of nitrogens with zero attached hydrogens (tertiary/aromatic N) is 6. The highest BCUT2D eigenvalue weighted by Crippen LogP contribution is 2.25. The molecule has 2 fully saturated rings. The number of aromatic amines is 3. The number of unbranched alkanes of at least 4 members (excludes halogenated alkanes) is 13. The number of amides is 15. The van der Waals surface area contributed by atoms with Gasteiger partial charge in [0.1, 0.15) is 72.8 Å². The summed E-state index contributed by atoms with van der Waals surface area (Å²) in [5.41, 5.74) is 13.5. The van der Waals surface area contributed by atoms with Crippen LogP contribution in [0.2, 0.25) is 0 Å². The second-order valence-corrected chi connectivity index (χ2v) is 35.7. The number of hydrogen-bond acceptors (Lipinski definition) is 26. The van der Waals surface area contributed by atoms with Crippen LogP contribution in [0.15, 0.2) is 97.7 Å². The number of Topliss-reactive ketones (excluding diaryl/α,β-unsaturated/α-hetero) is 1. The molecule has 2 aliphatic heterocycles. The summed E-state index contributed by atoms with van der Waals surface area (Å²) in [5.74, 6) is -13.0. The van der Waals surface area contributed by atoms with Crippen LogP contribution in [-0.4, -0.2) is 294 Å². The highest BCUT2D eigenvalue weighted by atomic mass is 16.5. The van der Waals surface area contributed by atoms with Crippen molar-refractivity contribution in [2.45, 2.75) is 292 Å². The Balaban J connectivity index is 0.896. The van der Waals surface area contributed by atoms with Gasteiger partial charge in [0.2, 0.25) is 88.6 Å². The van der Waals surface area contributed by atoms with Gasteiger partial charge in [-0.15, -0.1) is 5.10 Å². The minimum absolute atomic E-state index is 0.0117. The van der Waals surface area contributed by atoms with Crippen LogP contribution >= 0.6 is 0 Å². The molecule has 15 amide bonds. The van der Waals surface area contributed by atoms with Crippen molar-refractivity contribution in [3.8, 4) is 0 Å². The molecular formula is C96H142N26O20. The van der Waals surface area contributed by atoms with E-state index in [4.69, 9.17) is 26.4 Å². The Bertz CT molecular complexity index is 5000. The number of ketones is 1. The quantitative estimate of drug-likeness (QED) is 0.0127. The molecule has 142 heavy (non-hydrogen) atoms. The van der Waals surface area contributed by atoms with Crippen molar-refractivity contribution in [2.75, 3.05) is 65.8 Å². The van der Waals surface area contributed by atoms with Crippen molar-refractivity contribution in [1.29, 1.82) is 5.41 Å². The molecule has 0 saturated carbocycles. The first kappa shape index (κ1) is 114. The number of nitrogens with two attached hydrogens (primary N) is 2. The van der Waals surface area contributed by atoms with Gasteiger partial charge in [-0.3, -0.25) is 87.1 Å². The van der Waals surface area contributed by atoms with E-state index in [1.165, 1.54) is 77.0 Å². The summed E-state index contributed by atoms with van der Waals surface area (Å²) < 4.78 is 10.9. The fraction of sp³-hybridized carbons (Fsp3) is 0.583. The summed E-state index contributed by atoms with van der Waals surface area (Å²) in [7, 11) is 0. The Kier molecular flexibility index (Phi) is 50.5. The normalized spacial score (nSPS) is 18.5. The van der Waals surface area contributed by atoms with Crippen molar-refractivity contribution in [2.24, 2.45) is 11.5 Å². The first-order valence-corrected chi connectivity index (χ1v) is 49.2. The predicted molar refractivity (Wildman–Crippen MR) is 519 cm³/mol. The monoisotopic (exact) mass is 1980 g/mol. The van der Waals surface area contributed by atoms with Crippen molar-refractivity contribution >= 4 is 111 Å². The largest absolute Gasteiger partial charge is 0.394 e. The van der Waals surface area contributed by atoms with Gasteiger partial charge in [-0.1, -0.05) is 145 Å². The van der Waals surface area contributed by atoms with Crippen molar-refractivity contribution < 1.29 is 96.4 Å². The first-order chi connectivity index (χ1) is 68.5. The SMILES string of the molecule is CCCC[C@H](NC(=O)[C@H](Cc1ccccn1)NC(=O)[C@H](Cc1c[nH]cn1)NC(=O)[C@H](CCC(N)=O)NC(=O)[C@H](CO)NC(=O)CNC(=O)COCCOCCNC(=O)CCCCCCCCCCCCCCCc1nnn[nH]1)C(=O)N[C@H]1CCC(=O)NCCCC[C@@H](C(C)=O)NC(=O)[C@H](Cc2c[nH]c3ccccc23)NC(=O)[C@H](CCCNC(=N)N)NC(=O)[C@@H](Cc2ccccc2)NC(=O)[C@@H]2C[C@@H](O)CN2C1=O. The number of carbonyl (C=O) groups excluding carboxylic acids is 16. The van der Waals surface area contributed by atoms with Gasteiger partial charge in [0.15, 0.2) is 11.7 Å². The number of aliphatic hydroxyl groups is 2. The van der Waals surface area contributed by atoms with Crippen molar-refractivity contribution in [1.82, 2.24) is 120 Å². The molecule has 0 radical (unpaired) electrons. The van der Waals surface area contributed by atoms with Crippen LogP contribution in [0.3, 0.4) is 0 Å². The van der Waals surface area contributed by atoms with Gasteiger partial charge in [-0.05, 0) is 111 Å². The molecule has 2 aliphatic rings. The number of aliphatic hydroxyl groups excluding tert-OH is 2. The van der Waals surface area contributed by atoms with Gasteiger partial charge in [0.05, 0.1) is 57.1 Å². The van der Waals surface area contributed by atoms with Crippen molar-refractivity contribution in [3.63, 3.8) is 0 Å². The molecule has 0 unspecified atom stereocenters. The molecule has 776 valence electrons. The number of benzene rings is 2. The molecule has 2 saturated heterocycles. The van der Waals surface area contributed by atoms with Crippen LogP contribution in [-0.2, 0) is 118 Å². The summed E-state index contributed by atoms with van der Waals surface area (Å²) in [4.78, 5) is 243. The maximum absolute atomic E-state index is 15.5. The molecule has 6 heterocycles. The summed E-state index contributed by atoms with van der Waals surface area (Å²) in [6.07, 6.45) is 18.4. The fourth-order valence-electron chi connectivity index (χ4n) is 16.4. The number of rotatable bonds is 57. The van der Waals surface area contributed by atoms with E-state index in [1.807, 2.05) is 18.2 Å². The van der Waals surface area contributed by atoms with E-state index < -0.39 is 226 Å². The van der Waals surface area contributed by atoms with Crippen LogP contribution in [0.1, 0.15) is 216 Å². The molecule has 8 rings (SSSR count). The zero-order chi connectivity index (χ0) is 102. The van der Waals surface area contributed by atoms with Gasteiger partial charge in [0.25, 0.3) is 0 Å². The van der Waals surface area contributed by atoms with E-state index in [1.54, 1.807) is 67.7 Å². The smallest absolute Gasteiger partial charge is 0.246 e.